The number of aromatic carboxylic acids is 1. The van der Waals surface area contributed by atoms with Crippen molar-refractivity contribution < 1.29 is 27.8 Å². The highest BCUT2D eigenvalue weighted by atomic mass is 35.5. The maximum absolute atomic E-state index is 15.1. The van der Waals surface area contributed by atoms with Crippen LogP contribution in [0.5, 0.6) is 5.75 Å². The summed E-state index contributed by atoms with van der Waals surface area (Å²) in [4.78, 5) is 11.7. The summed E-state index contributed by atoms with van der Waals surface area (Å²) in [6, 6.07) is 12.8. The number of carboxylic acids is 1. The Morgan fingerprint density at radius 1 is 1.00 bits per heavy atom. The first-order valence-electron chi connectivity index (χ1n) is 14.3. The predicted molar refractivity (Wildman–Crippen MR) is 171 cm³/mol. The monoisotopic (exact) mass is 657 g/mol. The van der Waals surface area contributed by atoms with Gasteiger partial charge in [-0.15, -0.1) is 0 Å². The molecule has 5 rings (SSSR count). The van der Waals surface area contributed by atoms with Crippen LogP contribution in [0, 0.1) is 27.7 Å². The number of rotatable bonds is 9. The lowest BCUT2D eigenvalue weighted by Crippen LogP contribution is -2.17. The van der Waals surface area contributed by atoms with Crippen LogP contribution in [-0.2, 0) is 26.2 Å². The van der Waals surface area contributed by atoms with Gasteiger partial charge in [-0.2, -0.15) is 18.3 Å². The van der Waals surface area contributed by atoms with E-state index in [-0.39, 0.29) is 35.7 Å². The first-order chi connectivity index (χ1) is 21.2. The number of carboxylic acid groups (broad SMARTS) is 1. The maximum atomic E-state index is 15.1. The molecule has 0 saturated heterocycles. The topological polar surface area (TPSA) is 69.3 Å². The summed E-state index contributed by atoms with van der Waals surface area (Å²) in [6.45, 7) is 7.34. The zero-order chi connectivity index (χ0) is 32.8. The molecule has 2 aromatic heterocycles. The Morgan fingerprint density at radius 2 is 1.69 bits per heavy atom. The summed E-state index contributed by atoms with van der Waals surface area (Å²) in [5, 5.41) is 15.4. The fourth-order valence-corrected chi connectivity index (χ4v) is 6.37. The summed E-state index contributed by atoms with van der Waals surface area (Å²) in [5.74, 6) is -0.565. The van der Waals surface area contributed by atoms with Crippen LogP contribution in [-0.4, -0.2) is 32.0 Å². The molecule has 0 unspecified atom stereocenters. The summed E-state index contributed by atoms with van der Waals surface area (Å²) in [5.41, 5.74) is 4.21. The Morgan fingerprint density at radius 3 is 2.29 bits per heavy atom. The number of aryl methyl sites for hydroxylation is 5. The fraction of sp³-hybridized carbons (Fsp3) is 0.294. The number of halogens is 5. The van der Waals surface area contributed by atoms with Gasteiger partial charge in [0.1, 0.15) is 11.4 Å². The normalized spacial score (nSPS) is 11.9. The molecule has 0 aliphatic carbocycles. The fourth-order valence-electron chi connectivity index (χ4n) is 6.01. The van der Waals surface area contributed by atoms with E-state index in [0.717, 1.165) is 16.8 Å². The van der Waals surface area contributed by atoms with Gasteiger partial charge in [-0.3, -0.25) is 4.68 Å². The zero-order valence-corrected chi connectivity index (χ0v) is 27.0. The second-order valence-corrected chi connectivity index (χ2v) is 12.0. The van der Waals surface area contributed by atoms with Crippen LogP contribution in [0.4, 0.5) is 13.2 Å². The van der Waals surface area contributed by atoms with Crippen LogP contribution in [0.1, 0.15) is 56.1 Å². The van der Waals surface area contributed by atoms with E-state index in [4.69, 9.17) is 27.9 Å². The summed E-state index contributed by atoms with van der Waals surface area (Å²) in [6.07, 6.45) is -4.35. The van der Waals surface area contributed by atoms with E-state index in [2.05, 4.69) is 5.10 Å². The van der Waals surface area contributed by atoms with Gasteiger partial charge in [0.15, 0.2) is 0 Å². The highest BCUT2D eigenvalue weighted by Crippen LogP contribution is 2.46. The number of aromatic nitrogens is 3. The van der Waals surface area contributed by atoms with Gasteiger partial charge in [0.25, 0.3) is 0 Å². The molecule has 0 bridgehead atoms. The second-order valence-electron chi connectivity index (χ2n) is 11.2. The van der Waals surface area contributed by atoms with Crippen LogP contribution in [0.25, 0.3) is 22.0 Å². The third-order valence-corrected chi connectivity index (χ3v) is 8.98. The molecule has 0 fully saturated rings. The lowest BCUT2D eigenvalue weighted by Gasteiger charge is -2.17. The summed E-state index contributed by atoms with van der Waals surface area (Å²) < 4.78 is 54.3. The van der Waals surface area contributed by atoms with Crippen molar-refractivity contribution in [1.82, 2.24) is 14.3 Å². The van der Waals surface area contributed by atoms with E-state index in [1.54, 1.807) is 49.0 Å². The minimum absolute atomic E-state index is 0.0141. The van der Waals surface area contributed by atoms with Crippen molar-refractivity contribution in [1.29, 1.82) is 0 Å². The minimum atomic E-state index is -4.73. The second kappa shape index (κ2) is 12.4. The van der Waals surface area contributed by atoms with Gasteiger partial charge < -0.3 is 14.4 Å². The molecular weight excluding hydrogens is 626 g/mol. The van der Waals surface area contributed by atoms with Crippen LogP contribution < -0.4 is 4.74 Å². The molecule has 0 atom stereocenters. The van der Waals surface area contributed by atoms with Crippen molar-refractivity contribution in [3.8, 4) is 16.9 Å². The van der Waals surface area contributed by atoms with Crippen molar-refractivity contribution in [2.75, 3.05) is 6.61 Å². The number of fused-ring (bicyclic) bond motifs is 1. The minimum Gasteiger partial charge on any atom is -0.494 e. The van der Waals surface area contributed by atoms with Crippen molar-refractivity contribution in [3.05, 3.63) is 103 Å². The van der Waals surface area contributed by atoms with Crippen molar-refractivity contribution in [2.24, 2.45) is 7.05 Å². The molecule has 45 heavy (non-hydrogen) atoms. The number of hydrogen-bond donors (Lipinski definition) is 1. The van der Waals surface area contributed by atoms with E-state index in [9.17, 15) is 9.90 Å². The molecule has 6 nitrogen and oxygen atoms in total. The highest BCUT2D eigenvalue weighted by molar-refractivity contribution is 6.35. The van der Waals surface area contributed by atoms with Crippen molar-refractivity contribution in [3.63, 3.8) is 0 Å². The Labute approximate surface area is 268 Å². The van der Waals surface area contributed by atoms with Crippen molar-refractivity contribution >= 4 is 40.1 Å². The molecule has 0 amide bonds. The summed E-state index contributed by atoms with van der Waals surface area (Å²) in [7, 11) is 1.77. The van der Waals surface area contributed by atoms with Crippen LogP contribution in [0.15, 0.2) is 48.5 Å². The number of alkyl halides is 3. The van der Waals surface area contributed by atoms with E-state index >= 15 is 13.2 Å². The quantitative estimate of drug-likeness (QED) is 0.160. The van der Waals surface area contributed by atoms with E-state index in [1.807, 2.05) is 20.8 Å². The Kier molecular flexibility index (Phi) is 8.97. The molecule has 5 aromatic rings. The molecule has 2 heterocycles. The molecular formula is C34H32Cl2F3N3O3. The van der Waals surface area contributed by atoms with E-state index < -0.39 is 17.8 Å². The number of carbonyl (C=O) groups is 1. The average Bonchev–Trinajstić information content (AvgIpc) is 3.41. The maximum Gasteiger partial charge on any atom is 0.431 e. The number of benzene rings is 3. The lowest BCUT2D eigenvalue weighted by atomic mass is 9.98. The van der Waals surface area contributed by atoms with Gasteiger partial charge in [-0.25, -0.2) is 4.79 Å². The predicted octanol–water partition coefficient (Wildman–Crippen LogP) is 9.36. The molecule has 0 spiro atoms. The van der Waals surface area contributed by atoms with Gasteiger partial charge in [-0.1, -0.05) is 41.4 Å². The van der Waals surface area contributed by atoms with Gasteiger partial charge in [0, 0.05) is 40.8 Å². The van der Waals surface area contributed by atoms with Gasteiger partial charge in [-0.05, 0) is 93.1 Å². The van der Waals surface area contributed by atoms with Gasteiger partial charge >= 0.3 is 12.1 Å². The largest absolute Gasteiger partial charge is 0.494 e. The molecule has 0 saturated carbocycles. The molecule has 11 heteroatoms. The molecule has 3 aromatic carbocycles. The van der Waals surface area contributed by atoms with Crippen molar-refractivity contribution in [2.45, 2.75) is 53.3 Å². The molecule has 1 N–H and O–H groups in total. The average molecular weight is 659 g/mol. The molecule has 236 valence electrons. The van der Waals surface area contributed by atoms with E-state index in [0.29, 0.717) is 50.5 Å². The lowest BCUT2D eigenvalue weighted by molar-refractivity contribution is -0.143. The summed E-state index contributed by atoms with van der Waals surface area (Å²) >= 11 is 13.1. The third kappa shape index (κ3) is 6.29. The van der Waals surface area contributed by atoms with Crippen LogP contribution in [0.2, 0.25) is 10.0 Å². The first-order valence-corrected chi connectivity index (χ1v) is 15.1. The number of hydrogen-bond acceptors (Lipinski definition) is 3. The zero-order valence-electron chi connectivity index (χ0n) is 25.4. The first kappa shape index (κ1) is 32.4. The SMILES string of the molecule is Cc1cc(OCCCc2c(C(F)(F)F)n(Cc3cccc(C(=O)O)c3)c3c(-c4c(C)nn(C)c4C)c(Cl)ccc23)cc(C)c1Cl. The van der Waals surface area contributed by atoms with Gasteiger partial charge in [0.2, 0.25) is 0 Å². The van der Waals surface area contributed by atoms with Crippen LogP contribution >= 0.6 is 23.2 Å². The standard InChI is InChI=1S/C34H32Cl2F3N3O3/c1-18-14-24(15-19(2)30(18)36)45-13-7-10-26-25-11-12-27(35)29(28-20(3)40-41(5)21(28)4)31(25)42(32(26)34(37,38)39)17-22-8-6-9-23(16-22)33(43)44/h6,8-9,11-12,14-16H,7,10,13,17H2,1-5H3,(H,43,44). The smallest absolute Gasteiger partial charge is 0.431 e. The highest BCUT2D eigenvalue weighted by Gasteiger charge is 2.40. The Hall–Kier alpha value is -3.95. The molecule has 0 aliphatic rings. The van der Waals surface area contributed by atoms with Crippen LogP contribution in [0.3, 0.4) is 0 Å². The van der Waals surface area contributed by atoms with Gasteiger partial charge in [0.05, 0.1) is 28.4 Å². The van der Waals surface area contributed by atoms with E-state index in [1.165, 1.54) is 22.8 Å². The Balaban J connectivity index is 1.68. The number of ether oxygens (including phenoxy) is 1. The Bertz CT molecular complexity index is 1920. The third-order valence-electron chi connectivity index (χ3n) is 8.07. The molecule has 0 aliphatic heterocycles. The molecule has 0 radical (unpaired) electrons. The number of nitrogens with zero attached hydrogens (tertiary/aromatic N) is 3.